The van der Waals surface area contributed by atoms with E-state index in [0.29, 0.717) is 11.5 Å². The quantitative estimate of drug-likeness (QED) is 0.747. The Morgan fingerprint density at radius 2 is 2.38 bits per heavy atom. The highest BCUT2D eigenvalue weighted by atomic mass is 16.4. The molecule has 0 aliphatic carbocycles. The standard InChI is InChI=1S/C10H11N3O3/c1-6-2-3-7-10(11-6)13(5-9(15)16)4-8(14)12-7/h2-3H,4-5H2,1H3,(H,12,14)(H,15,16). The number of amides is 1. The first kappa shape index (κ1) is 10.4. The molecule has 84 valence electrons. The fourth-order valence-electron chi connectivity index (χ4n) is 1.61. The average molecular weight is 221 g/mol. The van der Waals surface area contributed by atoms with Crippen LogP contribution in [0.15, 0.2) is 12.1 Å². The summed E-state index contributed by atoms with van der Waals surface area (Å²) < 4.78 is 0. The number of pyridine rings is 1. The van der Waals surface area contributed by atoms with E-state index >= 15 is 0 Å². The summed E-state index contributed by atoms with van der Waals surface area (Å²) in [6.07, 6.45) is 0. The number of carbonyl (C=O) groups is 2. The lowest BCUT2D eigenvalue weighted by molar-refractivity contribution is -0.135. The molecule has 0 saturated carbocycles. The number of hydrogen-bond donors (Lipinski definition) is 2. The van der Waals surface area contributed by atoms with Crippen LogP contribution in [0.4, 0.5) is 11.5 Å². The number of aliphatic carboxylic acids is 1. The van der Waals surface area contributed by atoms with Crippen LogP contribution in [0, 0.1) is 6.92 Å². The number of aryl methyl sites for hydroxylation is 1. The number of carboxylic acid groups (broad SMARTS) is 1. The molecule has 6 heteroatoms. The summed E-state index contributed by atoms with van der Waals surface area (Å²) in [6.45, 7) is 1.61. The van der Waals surface area contributed by atoms with Gasteiger partial charge in [0.25, 0.3) is 0 Å². The molecular weight excluding hydrogens is 210 g/mol. The van der Waals surface area contributed by atoms with Gasteiger partial charge >= 0.3 is 5.97 Å². The monoisotopic (exact) mass is 221 g/mol. The fourth-order valence-corrected chi connectivity index (χ4v) is 1.61. The lowest BCUT2D eigenvalue weighted by Crippen LogP contribution is -2.41. The maximum absolute atomic E-state index is 11.3. The van der Waals surface area contributed by atoms with Crippen LogP contribution in [0.5, 0.6) is 0 Å². The van der Waals surface area contributed by atoms with E-state index in [1.165, 1.54) is 4.90 Å². The summed E-state index contributed by atoms with van der Waals surface area (Å²) in [7, 11) is 0. The smallest absolute Gasteiger partial charge is 0.323 e. The molecule has 6 nitrogen and oxygen atoms in total. The van der Waals surface area contributed by atoms with Crippen LogP contribution in [-0.2, 0) is 9.59 Å². The van der Waals surface area contributed by atoms with Crippen molar-refractivity contribution in [2.45, 2.75) is 6.92 Å². The third-order valence-electron chi connectivity index (χ3n) is 2.25. The zero-order chi connectivity index (χ0) is 11.7. The number of aromatic nitrogens is 1. The maximum atomic E-state index is 11.3. The number of carboxylic acids is 1. The number of anilines is 2. The van der Waals surface area contributed by atoms with Crippen molar-refractivity contribution in [3.05, 3.63) is 17.8 Å². The molecule has 0 saturated heterocycles. The maximum Gasteiger partial charge on any atom is 0.323 e. The van der Waals surface area contributed by atoms with Gasteiger partial charge in [0, 0.05) is 5.69 Å². The molecule has 2 heterocycles. The Balaban J connectivity index is 2.39. The molecule has 1 aliphatic rings. The zero-order valence-electron chi connectivity index (χ0n) is 8.73. The average Bonchev–Trinajstić information content (AvgIpc) is 2.18. The minimum atomic E-state index is -0.982. The summed E-state index contributed by atoms with van der Waals surface area (Å²) in [5, 5.41) is 11.4. The van der Waals surface area contributed by atoms with Crippen LogP contribution in [0.3, 0.4) is 0 Å². The second kappa shape index (κ2) is 3.80. The van der Waals surface area contributed by atoms with E-state index in [-0.39, 0.29) is 19.0 Å². The highest BCUT2D eigenvalue weighted by Gasteiger charge is 2.24. The van der Waals surface area contributed by atoms with E-state index in [1.807, 2.05) is 6.92 Å². The number of nitrogens with one attached hydrogen (secondary N) is 1. The molecule has 0 aromatic carbocycles. The summed E-state index contributed by atoms with van der Waals surface area (Å²) in [6, 6.07) is 3.49. The van der Waals surface area contributed by atoms with Gasteiger partial charge in [-0.1, -0.05) is 0 Å². The number of carbonyl (C=O) groups excluding carboxylic acids is 1. The van der Waals surface area contributed by atoms with Crippen molar-refractivity contribution in [1.82, 2.24) is 4.98 Å². The van der Waals surface area contributed by atoms with Crippen LogP contribution < -0.4 is 10.2 Å². The van der Waals surface area contributed by atoms with Gasteiger partial charge in [0.15, 0.2) is 5.82 Å². The van der Waals surface area contributed by atoms with Gasteiger partial charge < -0.3 is 15.3 Å². The SMILES string of the molecule is Cc1ccc2c(n1)N(CC(=O)O)CC(=O)N2. The third kappa shape index (κ3) is 1.95. The van der Waals surface area contributed by atoms with Gasteiger partial charge in [-0.15, -0.1) is 0 Å². The van der Waals surface area contributed by atoms with Gasteiger partial charge in [-0.25, -0.2) is 4.98 Å². The zero-order valence-corrected chi connectivity index (χ0v) is 8.73. The molecule has 0 bridgehead atoms. The highest BCUT2D eigenvalue weighted by Crippen LogP contribution is 2.26. The van der Waals surface area contributed by atoms with Crippen LogP contribution in [0.1, 0.15) is 5.69 Å². The molecule has 0 fully saturated rings. The van der Waals surface area contributed by atoms with Crippen molar-refractivity contribution < 1.29 is 14.7 Å². The molecule has 2 N–H and O–H groups in total. The van der Waals surface area contributed by atoms with Gasteiger partial charge in [0.05, 0.1) is 12.2 Å². The summed E-state index contributed by atoms with van der Waals surface area (Å²) >= 11 is 0. The second-order valence-corrected chi connectivity index (χ2v) is 3.62. The molecule has 1 amide bonds. The fraction of sp³-hybridized carbons (Fsp3) is 0.300. The Bertz CT molecular complexity index is 459. The Morgan fingerprint density at radius 3 is 3.06 bits per heavy atom. The molecular formula is C10H11N3O3. The molecule has 16 heavy (non-hydrogen) atoms. The predicted molar refractivity (Wildman–Crippen MR) is 57.5 cm³/mol. The first-order chi connectivity index (χ1) is 7.56. The van der Waals surface area contributed by atoms with Crippen molar-refractivity contribution in [3.63, 3.8) is 0 Å². The van der Waals surface area contributed by atoms with Gasteiger partial charge in [0.2, 0.25) is 5.91 Å². The lowest BCUT2D eigenvalue weighted by atomic mass is 10.2. The van der Waals surface area contributed by atoms with Crippen LogP contribution in [-0.4, -0.2) is 35.1 Å². The van der Waals surface area contributed by atoms with Gasteiger partial charge in [-0.3, -0.25) is 9.59 Å². The van der Waals surface area contributed by atoms with Gasteiger partial charge in [-0.2, -0.15) is 0 Å². The van der Waals surface area contributed by atoms with E-state index in [4.69, 9.17) is 5.11 Å². The van der Waals surface area contributed by atoms with Crippen molar-refractivity contribution in [2.75, 3.05) is 23.3 Å². The Morgan fingerprint density at radius 1 is 1.62 bits per heavy atom. The molecule has 0 radical (unpaired) electrons. The minimum Gasteiger partial charge on any atom is -0.480 e. The number of fused-ring (bicyclic) bond motifs is 1. The molecule has 2 rings (SSSR count). The van der Waals surface area contributed by atoms with Gasteiger partial charge in [-0.05, 0) is 19.1 Å². The summed E-state index contributed by atoms with van der Waals surface area (Å²) in [4.78, 5) is 27.7. The minimum absolute atomic E-state index is 0.0236. The lowest BCUT2D eigenvalue weighted by Gasteiger charge is -2.28. The highest BCUT2D eigenvalue weighted by molar-refractivity contribution is 6.01. The van der Waals surface area contributed by atoms with Crippen molar-refractivity contribution in [1.29, 1.82) is 0 Å². The van der Waals surface area contributed by atoms with E-state index in [9.17, 15) is 9.59 Å². The van der Waals surface area contributed by atoms with Crippen molar-refractivity contribution in [2.24, 2.45) is 0 Å². The van der Waals surface area contributed by atoms with Crippen LogP contribution in [0.25, 0.3) is 0 Å². The van der Waals surface area contributed by atoms with Crippen molar-refractivity contribution in [3.8, 4) is 0 Å². The summed E-state index contributed by atoms with van der Waals surface area (Å²) in [5.74, 6) is -0.689. The summed E-state index contributed by atoms with van der Waals surface area (Å²) in [5.41, 5.74) is 1.34. The number of nitrogens with zero attached hydrogens (tertiary/aromatic N) is 2. The molecule has 1 aliphatic heterocycles. The first-order valence-corrected chi connectivity index (χ1v) is 4.80. The predicted octanol–water partition coefficient (Wildman–Crippen LogP) is 0.233. The largest absolute Gasteiger partial charge is 0.480 e. The van der Waals surface area contributed by atoms with Gasteiger partial charge in [0.1, 0.15) is 6.54 Å². The normalized spacial score (nSPS) is 14.3. The van der Waals surface area contributed by atoms with E-state index in [0.717, 1.165) is 5.69 Å². The molecule has 1 aromatic rings. The van der Waals surface area contributed by atoms with E-state index in [2.05, 4.69) is 10.3 Å². The Labute approximate surface area is 91.9 Å². The number of hydrogen-bond acceptors (Lipinski definition) is 4. The first-order valence-electron chi connectivity index (χ1n) is 4.80. The molecule has 0 atom stereocenters. The van der Waals surface area contributed by atoms with Crippen molar-refractivity contribution >= 4 is 23.4 Å². The Hall–Kier alpha value is -2.11. The number of rotatable bonds is 2. The van der Waals surface area contributed by atoms with E-state index < -0.39 is 5.97 Å². The Kier molecular flexibility index (Phi) is 2.47. The topological polar surface area (TPSA) is 82.5 Å². The second-order valence-electron chi connectivity index (χ2n) is 3.62. The van der Waals surface area contributed by atoms with E-state index in [1.54, 1.807) is 12.1 Å². The van der Waals surface area contributed by atoms with Crippen LogP contribution in [0.2, 0.25) is 0 Å². The molecule has 1 aromatic heterocycles. The van der Waals surface area contributed by atoms with Crippen LogP contribution >= 0.6 is 0 Å². The third-order valence-corrected chi connectivity index (χ3v) is 2.25. The molecule has 0 spiro atoms. The molecule has 0 unspecified atom stereocenters.